The first-order valence-corrected chi connectivity index (χ1v) is 10.4. The minimum absolute atomic E-state index is 0.0662. The number of nitrogens with one attached hydrogen (secondary N) is 2. The highest BCUT2D eigenvalue weighted by Gasteiger charge is 2.30. The fourth-order valence-corrected chi connectivity index (χ4v) is 3.66. The van der Waals surface area contributed by atoms with Gasteiger partial charge in [-0.15, -0.1) is 0 Å². The van der Waals surface area contributed by atoms with Crippen LogP contribution in [0, 0.1) is 24.0 Å². The average molecular weight is 480 g/mol. The van der Waals surface area contributed by atoms with Crippen LogP contribution in [0.4, 0.5) is 36.1 Å². The maximum atomic E-state index is 13.0. The summed E-state index contributed by atoms with van der Waals surface area (Å²) in [7, 11) is 0. The number of amides is 1. The molecule has 4 aromatic rings. The first-order valence-electron chi connectivity index (χ1n) is 10.4. The molecule has 2 N–H and O–H groups in total. The Hall–Kier alpha value is -4.47. The van der Waals surface area contributed by atoms with Gasteiger partial charge in [0, 0.05) is 34.0 Å². The molecule has 0 aliphatic rings. The summed E-state index contributed by atoms with van der Waals surface area (Å²) in [4.78, 5) is 27.6. The fourth-order valence-electron chi connectivity index (χ4n) is 3.66. The molecular weight excluding hydrogens is 461 g/mol. The second kappa shape index (κ2) is 9.05. The van der Waals surface area contributed by atoms with Crippen LogP contribution in [0.2, 0.25) is 0 Å². The van der Waals surface area contributed by atoms with E-state index in [0.29, 0.717) is 22.6 Å². The van der Waals surface area contributed by atoms with E-state index in [1.165, 1.54) is 30.3 Å². The number of carbonyl (C=O) groups is 1. The van der Waals surface area contributed by atoms with Crippen LogP contribution in [0.3, 0.4) is 0 Å². The Kier molecular flexibility index (Phi) is 6.12. The number of nitro groups is 1. The molecule has 0 bridgehead atoms. The number of hydrogen-bond acceptors (Lipinski definition) is 5. The molecule has 1 heterocycles. The van der Waals surface area contributed by atoms with Gasteiger partial charge in [0.15, 0.2) is 0 Å². The molecule has 0 fully saturated rings. The number of alkyl halides is 3. The average Bonchev–Trinajstić information content (AvgIpc) is 2.79. The molecule has 0 aliphatic heterocycles. The van der Waals surface area contributed by atoms with Crippen molar-refractivity contribution >= 4 is 39.7 Å². The van der Waals surface area contributed by atoms with Gasteiger partial charge in [-0.05, 0) is 74.0 Å². The van der Waals surface area contributed by atoms with Crippen LogP contribution in [-0.2, 0) is 6.18 Å². The lowest BCUT2D eigenvalue weighted by molar-refractivity contribution is -0.385. The number of hydrogen-bond donors (Lipinski definition) is 2. The number of rotatable bonds is 5. The van der Waals surface area contributed by atoms with E-state index >= 15 is 0 Å². The summed E-state index contributed by atoms with van der Waals surface area (Å²) in [6.07, 6.45) is -4.45. The van der Waals surface area contributed by atoms with Crippen LogP contribution in [-0.4, -0.2) is 15.8 Å². The maximum absolute atomic E-state index is 13.0. The number of pyridine rings is 1. The van der Waals surface area contributed by atoms with E-state index in [4.69, 9.17) is 0 Å². The predicted octanol–water partition coefficient (Wildman–Crippen LogP) is 6.77. The number of carbonyl (C=O) groups excluding carboxylic acids is 1. The largest absolute Gasteiger partial charge is 0.416 e. The van der Waals surface area contributed by atoms with Crippen molar-refractivity contribution in [2.75, 3.05) is 10.6 Å². The third-order valence-electron chi connectivity index (χ3n) is 5.39. The highest BCUT2D eigenvalue weighted by atomic mass is 19.4. The van der Waals surface area contributed by atoms with Gasteiger partial charge in [-0.2, -0.15) is 13.2 Å². The molecule has 1 amide bonds. The van der Waals surface area contributed by atoms with Gasteiger partial charge in [0.05, 0.1) is 16.0 Å². The van der Waals surface area contributed by atoms with Crippen LogP contribution in [0.15, 0.2) is 66.7 Å². The van der Waals surface area contributed by atoms with Crippen molar-refractivity contribution in [1.29, 1.82) is 0 Å². The van der Waals surface area contributed by atoms with Gasteiger partial charge in [0.1, 0.15) is 5.82 Å². The quantitative estimate of drug-likeness (QED) is 0.243. The van der Waals surface area contributed by atoms with Crippen molar-refractivity contribution in [3.8, 4) is 0 Å². The number of nitro benzene ring substituents is 1. The number of anilines is 3. The van der Waals surface area contributed by atoms with Gasteiger partial charge < -0.3 is 10.6 Å². The molecule has 35 heavy (non-hydrogen) atoms. The predicted molar refractivity (Wildman–Crippen MR) is 127 cm³/mol. The van der Waals surface area contributed by atoms with Gasteiger partial charge in [0.25, 0.3) is 11.6 Å². The minimum Gasteiger partial charge on any atom is -0.340 e. The molecule has 0 atom stereocenters. The molecule has 0 saturated carbocycles. The van der Waals surface area contributed by atoms with E-state index in [1.807, 2.05) is 6.92 Å². The van der Waals surface area contributed by atoms with Crippen molar-refractivity contribution in [3.05, 3.63) is 99.1 Å². The van der Waals surface area contributed by atoms with Crippen molar-refractivity contribution < 1.29 is 22.9 Å². The van der Waals surface area contributed by atoms with E-state index in [0.717, 1.165) is 23.1 Å². The lowest BCUT2D eigenvalue weighted by Crippen LogP contribution is -2.12. The van der Waals surface area contributed by atoms with Crippen molar-refractivity contribution in [2.24, 2.45) is 0 Å². The molecular formula is C25H19F3N4O3. The van der Waals surface area contributed by atoms with Crippen LogP contribution < -0.4 is 10.6 Å². The normalized spacial score (nSPS) is 11.3. The topological polar surface area (TPSA) is 97.2 Å². The Morgan fingerprint density at radius 2 is 1.71 bits per heavy atom. The number of fused-ring (bicyclic) bond motifs is 1. The summed E-state index contributed by atoms with van der Waals surface area (Å²) in [5, 5.41) is 17.4. The van der Waals surface area contributed by atoms with E-state index in [-0.39, 0.29) is 16.9 Å². The van der Waals surface area contributed by atoms with Gasteiger partial charge in [0.2, 0.25) is 0 Å². The lowest BCUT2D eigenvalue weighted by atomic mass is 10.1. The lowest BCUT2D eigenvalue weighted by Gasteiger charge is -2.13. The number of halogens is 3. The molecule has 7 nitrogen and oxygen atoms in total. The zero-order chi connectivity index (χ0) is 25.3. The molecule has 4 rings (SSSR count). The second-order valence-corrected chi connectivity index (χ2v) is 7.97. The van der Waals surface area contributed by atoms with E-state index < -0.39 is 22.6 Å². The number of nitrogens with zero attached hydrogens (tertiary/aromatic N) is 2. The van der Waals surface area contributed by atoms with Crippen molar-refractivity contribution in [3.63, 3.8) is 0 Å². The Morgan fingerprint density at radius 3 is 2.40 bits per heavy atom. The summed E-state index contributed by atoms with van der Waals surface area (Å²) < 4.78 is 39.0. The highest BCUT2D eigenvalue weighted by molar-refractivity contribution is 6.05. The molecule has 1 aromatic heterocycles. The van der Waals surface area contributed by atoms with Crippen molar-refractivity contribution in [1.82, 2.24) is 4.98 Å². The number of aromatic nitrogens is 1. The molecule has 0 unspecified atom stereocenters. The van der Waals surface area contributed by atoms with Crippen LogP contribution >= 0.6 is 0 Å². The Balaban J connectivity index is 1.56. The molecule has 0 saturated heterocycles. The smallest absolute Gasteiger partial charge is 0.340 e. The van der Waals surface area contributed by atoms with Crippen LogP contribution in [0.1, 0.15) is 27.0 Å². The SMILES string of the molecule is Cc1cc(C(=O)Nc2ccc3nc(Nc4cccc(C(F)(F)F)c4)cc(C)c3c2)ccc1[N+](=O)[O-]. The van der Waals surface area contributed by atoms with Crippen molar-refractivity contribution in [2.45, 2.75) is 20.0 Å². The zero-order valence-corrected chi connectivity index (χ0v) is 18.6. The summed E-state index contributed by atoms with van der Waals surface area (Å²) >= 11 is 0. The summed E-state index contributed by atoms with van der Waals surface area (Å²) in [6, 6.07) is 15.8. The second-order valence-electron chi connectivity index (χ2n) is 7.97. The van der Waals surface area contributed by atoms with Gasteiger partial charge in [-0.1, -0.05) is 6.07 Å². The molecule has 10 heteroatoms. The molecule has 0 spiro atoms. The summed E-state index contributed by atoms with van der Waals surface area (Å²) in [6.45, 7) is 3.39. The molecule has 178 valence electrons. The monoisotopic (exact) mass is 480 g/mol. The van der Waals surface area contributed by atoms with Crippen LogP contribution in [0.5, 0.6) is 0 Å². The molecule has 0 aliphatic carbocycles. The van der Waals surface area contributed by atoms with Gasteiger partial charge in [-0.25, -0.2) is 4.98 Å². The zero-order valence-electron chi connectivity index (χ0n) is 18.6. The highest BCUT2D eigenvalue weighted by Crippen LogP contribution is 2.32. The third-order valence-corrected chi connectivity index (χ3v) is 5.39. The summed E-state index contributed by atoms with van der Waals surface area (Å²) in [5.74, 6) is -0.0386. The van der Waals surface area contributed by atoms with E-state index in [2.05, 4.69) is 15.6 Å². The first-order chi connectivity index (χ1) is 16.5. The maximum Gasteiger partial charge on any atom is 0.416 e. The van der Waals surface area contributed by atoms with Gasteiger partial charge in [-0.3, -0.25) is 14.9 Å². The first kappa shape index (κ1) is 23.7. The number of aryl methyl sites for hydroxylation is 2. The summed E-state index contributed by atoms with van der Waals surface area (Å²) in [5.41, 5.74) is 1.98. The third kappa shape index (κ3) is 5.21. The Labute approximate surface area is 197 Å². The fraction of sp³-hybridized carbons (Fsp3) is 0.120. The molecule has 0 radical (unpaired) electrons. The standard InChI is InChI=1S/C25H19F3N4O3/c1-14-11-23(29-18-5-3-4-17(12-18)25(26,27)28)31-21-8-7-19(13-20(14)21)30-24(33)16-6-9-22(32(34)35)15(2)10-16/h3-13H,1-2H3,(H,29,31)(H,30,33). The van der Waals surface area contributed by atoms with Crippen LogP contribution in [0.25, 0.3) is 10.9 Å². The Bertz CT molecular complexity index is 1470. The van der Waals surface area contributed by atoms with E-state index in [9.17, 15) is 28.1 Å². The number of benzene rings is 3. The van der Waals surface area contributed by atoms with E-state index in [1.54, 1.807) is 31.2 Å². The minimum atomic E-state index is -4.45. The van der Waals surface area contributed by atoms with Gasteiger partial charge >= 0.3 is 6.18 Å². The molecule has 3 aromatic carbocycles. The Morgan fingerprint density at radius 1 is 0.943 bits per heavy atom.